The van der Waals surface area contributed by atoms with Crippen molar-refractivity contribution in [3.05, 3.63) is 12.4 Å². The molecular weight excluding hydrogens is 200 g/mol. The topological polar surface area (TPSA) is 29.9 Å². The van der Waals surface area contributed by atoms with Gasteiger partial charge in [0.15, 0.2) is 0 Å². The molecule has 1 rings (SSSR count). The monoisotopic (exact) mass is 217 g/mol. The van der Waals surface area contributed by atoms with Crippen molar-refractivity contribution in [2.24, 2.45) is 0 Å². The minimum absolute atomic E-state index is 0.343. The summed E-state index contributed by atoms with van der Waals surface area (Å²) >= 11 is 0. The summed E-state index contributed by atoms with van der Waals surface area (Å²) in [6, 6.07) is 0.346. The fourth-order valence-corrected chi connectivity index (χ4v) is 1.47. The van der Waals surface area contributed by atoms with Crippen LogP contribution in [0, 0.1) is 0 Å². The molecule has 0 amide bonds. The van der Waals surface area contributed by atoms with E-state index >= 15 is 0 Å². The normalized spacial score (nSPS) is 13.1. The van der Waals surface area contributed by atoms with Crippen molar-refractivity contribution in [3.8, 4) is 0 Å². The van der Waals surface area contributed by atoms with E-state index in [1.165, 1.54) is 4.68 Å². The Morgan fingerprint density at radius 1 is 1.53 bits per heavy atom. The predicted molar refractivity (Wildman–Crippen MR) is 56.2 cm³/mol. The van der Waals surface area contributed by atoms with Crippen LogP contribution in [0.5, 0.6) is 0 Å². The van der Waals surface area contributed by atoms with Crippen LogP contribution in [0.2, 0.25) is 0 Å². The third-order valence-electron chi connectivity index (χ3n) is 2.09. The molecule has 1 N–H and O–H groups in total. The maximum absolute atomic E-state index is 12.0. The van der Waals surface area contributed by atoms with E-state index in [4.69, 9.17) is 0 Å². The molecule has 1 unspecified atom stereocenters. The molecule has 1 aromatic heterocycles. The Bertz CT molecular complexity index is 286. The summed E-state index contributed by atoms with van der Waals surface area (Å²) < 4.78 is 25.3. The molecule has 0 saturated carbocycles. The summed E-state index contributed by atoms with van der Waals surface area (Å²) in [5.74, 6) is 0. The second-order valence-electron chi connectivity index (χ2n) is 3.68. The highest BCUT2D eigenvalue weighted by atomic mass is 19.3. The molecule has 1 atom stereocenters. The van der Waals surface area contributed by atoms with Gasteiger partial charge in [0.25, 0.3) is 6.43 Å². The van der Waals surface area contributed by atoms with Crippen molar-refractivity contribution in [1.29, 1.82) is 0 Å². The lowest BCUT2D eigenvalue weighted by atomic mass is 10.2. The fourth-order valence-electron chi connectivity index (χ4n) is 1.47. The second kappa shape index (κ2) is 5.68. The minimum Gasteiger partial charge on any atom is -0.380 e. The zero-order chi connectivity index (χ0) is 11.3. The molecule has 5 heteroatoms. The minimum atomic E-state index is -2.36. The third-order valence-corrected chi connectivity index (χ3v) is 2.09. The SMILES string of the molecule is CCCC(C)Nc1cnn(CC(F)F)c1. The van der Waals surface area contributed by atoms with Gasteiger partial charge in [-0.1, -0.05) is 13.3 Å². The standard InChI is InChI=1S/C10H17F2N3/c1-3-4-8(2)14-9-5-13-15(6-9)7-10(11)12/h5-6,8,10,14H,3-4,7H2,1-2H3. The molecule has 0 aliphatic heterocycles. The van der Waals surface area contributed by atoms with Crippen LogP contribution in [0.3, 0.4) is 0 Å². The Labute approximate surface area is 88.5 Å². The largest absolute Gasteiger partial charge is 0.380 e. The third kappa shape index (κ3) is 4.27. The van der Waals surface area contributed by atoms with E-state index < -0.39 is 6.43 Å². The van der Waals surface area contributed by atoms with E-state index in [2.05, 4.69) is 24.3 Å². The van der Waals surface area contributed by atoms with E-state index in [1.807, 2.05) is 0 Å². The van der Waals surface area contributed by atoms with Crippen molar-refractivity contribution in [3.63, 3.8) is 0 Å². The lowest BCUT2D eigenvalue weighted by Gasteiger charge is -2.11. The van der Waals surface area contributed by atoms with Gasteiger partial charge in [-0.05, 0) is 13.3 Å². The van der Waals surface area contributed by atoms with Gasteiger partial charge in [-0.25, -0.2) is 8.78 Å². The van der Waals surface area contributed by atoms with Crippen LogP contribution in [0.15, 0.2) is 12.4 Å². The highest BCUT2D eigenvalue weighted by Crippen LogP contribution is 2.10. The molecule has 0 bridgehead atoms. The zero-order valence-electron chi connectivity index (χ0n) is 9.08. The number of hydrogen-bond donors (Lipinski definition) is 1. The van der Waals surface area contributed by atoms with Crippen LogP contribution in [-0.4, -0.2) is 22.2 Å². The molecule has 0 fully saturated rings. The summed E-state index contributed by atoms with van der Waals surface area (Å²) in [5.41, 5.74) is 0.802. The van der Waals surface area contributed by atoms with E-state index in [0.717, 1.165) is 18.5 Å². The van der Waals surface area contributed by atoms with Crippen molar-refractivity contribution >= 4 is 5.69 Å². The Balaban J connectivity index is 2.45. The maximum Gasteiger partial charge on any atom is 0.257 e. The van der Waals surface area contributed by atoms with E-state index in [9.17, 15) is 8.78 Å². The molecule has 0 aliphatic rings. The molecule has 0 aromatic carbocycles. The number of rotatable bonds is 6. The molecule has 1 heterocycles. The van der Waals surface area contributed by atoms with Gasteiger partial charge in [-0.15, -0.1) is 0 Å². The fraction of sp³-hybridized carbons (Fsp3) is 0.700. The first-order valence-corrected chi connectivity index (χ1v) is 5.19. The first-order chi connectivity index (χ1) is 7.11. The average Bonchev–Trinajstić information content (AvgIpc) is 2.51. The molecule has 0 aliphatic carbocycles. The lowest BCUT2D eigenvalue weighted by molar-refractivity contribution is 0.122. The first kappa shape index (κ1) is 11.9. The Hall–Kier alpha value is -1.13. The molecular formula is C10H17F2N3. The van der Waals surface area contributed by atoms with Crippen LogP contribution >= 0.6 is 0 Å². The lowest BCUT2D eigenvalue weighted by Crippen LogP contribution is -2.14. The van der Waals surface area contributed by atoms with Crippen LogP contribution in [0.1, 0.15) is 26.7 Å². The summed E-state index contributed by atoms with van der Waals surface area (Å²) in [5, 5.41) is 7.05. The summed E-state index contributed by atoms with van der Waals surface area (Å²) in [6.07, 6.45) is 2.98. The number of halogens is 2. The van der Waals surface area contributed by atoms with E-state index in [1.54, 1.807) is 12.4 Å². The first-order valence-electron chi connectivity index (χ1n) is 5.19. The molecule has 1 aromatic rings. The summed E-state index contributed by atoms with van der Waals surface area (Å²) in [6.45, 7) is 3.83. The highest BCUT2D eigenvalue weighted by Gasteiger charge is 2.06. The zero-order valence-corrected chi connectivity index (χ0v) is 9.08. The van der Waals surface area contributed by atoms with Gasteiger partial charge in [-0.3, -0.25) is 4.68 Å². The summed E-state index contributed by atoms with van der Waals surface area (Å²) in [4.78, 5) is 0. The maximum atomic E-state index is 12.0. The molecule has 0 radical (unpaired) electrons. The molecule has 86 valence electrons. The van der Waals surface area contributed by atoms with Crippen LogP contribution in [-0.2, 0) is 6.54 Å². The molecule has 0 saturated heterocycles. The Morgan fingerprint density at radius 3 is 2.87 bits per heavy atom. The Kier molecular flexibility index (Phi) is 4.52. The van der Waals surface area contributed by atoms with Crippen LogP contribution in [0.4, 0.5) is 14.5 Å². The number of aromatic nitrogens is 2. The van der Waals surface area contributed by atoms with Gasteiger partial charge in [-0.2, -0.15) is 5.10 Å². The summed E-state index contributed by atoms with van der Waals surface area (Å²) in [7, 11) is 0. The smallest absolute Gasteiger partial charge is 0.257 e. The van der Waals surface area contributed by atoms with Gasteiger partial charge >= 0.3 is 0 Å². The van der Waals surface area contributed by atoms with Crippen molar-refractivity contribution in [2.75, 3.05) is 5.32 Å². The van der Waals surface area contributed by atoms with Gasteiger partial charge in [0, 0.05) is 12.2 Å². The number of alkyl halides is 2. The van der Waals surface area contributed by atoms with Crippen LogP contribution in [0.25, 0.3) is 0 Å². The van der Waals surface area contributed by atoms with Crippen LogP contribution < -0.4 is 5.32 Å². The average molecular weight is 217 g/mol. The van der Waals surface area contributed by atoms with E-state index in [0.29, 0.717) is 6.04 Å². The van der Waals surface area contributed by atoms with Crippen molar-refractivity contribution in [2.45, 2.75) is 45.7 Å². The Morgan fingerprint density at radius 2 is 2.27 bits per heavy atom. The van der Waals surface area contributed by atoms with Gasteiger partial charge in [0.1, 0.15) is 6.54 Å². The number of nitrogens with one attached hydrogen (secondary N) is 1. The molecule has 0 spiro atoms. The van der Waals surface area contributed by atoms with Gasteiger partial charge < -0.3 is 5.32 Å². The van der Waals surface area contributed by atoms with Crippen molar-refractivity contribution in [1.82, 2.24) is 9.78 Å². The van der Waals surface area contributed by atoms with Crippen molar-refractivity contribution < 1.29 is 8.78 Å². The molecule has 3 nitrogen and oxygen atoms in total. The van der Waals surface area contributed by atoms with Gasteiger partial charge in [0.2, 0.25) is 0 Å². The number of hydrogen-bond acceptors (Lipinski definition) is 2. The van der Waals surface area contributed by atoms with Gasteiger partial charge in [0.05, 0.1) is 11.9 Å². The predicted octanol–water partition coefficient (Wildman–Crippen LogP) is 2.75. The second-order valence-corrected chi connectivity index (χ2v) is 3.68. The highest BCUT2D eigenvalue weighted by molar-refractivity contribution is 5.38. The number of nitrogens with zero attached hydrogens (tertiary/aromatic N) is 2. The number of anilines is 1. The quantitative estimate of drug-likeness (QED) is 0.794. The molecule has 15 heavy (non-hydrogen) atoms. The van der Waals surface area contributed by atoms with E-state index in [-0.39, 0.29) is 6.54 Å².